The van der Waals surface area contributed by atoms with E-state index >= 15 is 0 Å². The van der Waals surface area contributed by atoms with Crippen LogP contribution in [0.3, 0.4) is 0 Å². The largest absolute Gasteiger partial charge is 0.480 e. The number of thioether (sulfide) groups is 1. The third kappa shape index (κ3) is 6.32. The van der Waals surface area contributed by atoms with Gasteiger partial charge in [0.2, 0.25) is 5.91 Å². The number of alkyl carbamates (subject to hydrolysis) is 1. The number of carboxylic acid groups (broad SMARTS) is 1. The van der Waals surface area contributed by atoms with Crippen LogP contribution in [0.4, 0.5) is 4.79 Å². The van der Waals surface area contributed by atoms with Crippen LogP contribution in [-0.2, 0) is 14.3 Å². The van der Waals surface area contributed by atoms with Gasteiger partial charge in [-0.05, 0) is 47.1 Å². The molecule has 0 aliphatic heterocycles. The summed E-state index contributed by atoms with van der Waals surface area (Å²) in [5, 5.41) is 14.6. The van der Waals surface area contributed by atoms with Crippen molar-refractivity contribution in [3.63, 3.8) is 0 Å². The van der Waals surface area contributed by atoms with Crippen LogP contribution in [0.1, 0.15) is 49.7 Å². The van der Waals surface area contributed by atoms with Gasteiger partial charge < -0.3 is 20.5 Å². The van der Waals surface area contributed by atoms with Crippen LogP contribution in [0.5, 0.6) is 0 Å². The minimum atomic E-state index is -1.08. The summed E-state index contributed by atoms with van der Waals surface area (Å²) >= 11 is 1.54. The lowest BCUT2D eigenvalue weighted by Gasteiger charge is -2.22. The summed E-state index contributed by atoms with van der Waals surface area (Å²) in [5.74, 6) is -1.03. The molecule has 2 atom stereocenters. The van der Waals surface area contributed by atoms with E-state index in [0.717, 1.165) is 28.7 Å². The minimum absolute atomic E-state index is 0.0814. The lowest BCUT2D eigenvalue weighted by molar-refractivity contribution is -0.142. The molecule has 3 N–H and O–H groups in total. The number of benzene rings is 2. The van der Waals surface area contributed by atoms with E-state index < -0.39 is 30.1 Å². The number of fused-ring (bicyclic) bond motifs is 3. The summed E-state index contributed by atoms with van der Waals surface area (Å²) in [4.78, 5) is 37.0. The Kier molecular flexibility index (Phi) is 9.39. The maximum atomic E-state index is 12.8. The van der Waals surface area contributed by atoms with Crippen LogP contribution in [0, 0.1) is 0 Å². The van der Waals surface area contributed by atoms with Crippen molar-refractivity contribution in [2.75, 3.05) is 18.6 Å². The summed E-state index contributed by atoms with van der Waals surface area (Å²) in [6, 6.07) is 14.3. The number of unbranched alkanes of at least 4 members (excludes halogenated alkanes) is 1. The predicted molar refractivity (Wildman–Crippen MR) is 134 cm³/mol. The molecule has 0 aromatic heterocycles. The Hall–Kier alpha value is -3.00. The molecule has 0 fully saturated rings. The number of hydrogen-bond donors (Lipinski definition) is 3. The topological polar surface area (TPSA) is 105 Å². The van der Waals surface area contributed by atoms with Crippen molar-refractivity contribution >= 4 is 29.7 Å². The third-order valence-corrected chi connectivity index (χ3v) is 6.67. The van der Waals surface area contributed by atoms with E-state index in [0.29, 0.717) is 25.0 Å². The van der Waals surface area contributed by atoms with Crippen molar-refractivity contribution in [2.24, 2.45) is 0 Å². The van der Waals surface area contributed by atoms with Crippen molar-refractivity contribution in [3.05, 3.63) is 59.7 Å². The molecule has 1 aliphatic carbocycles. The first-order valence-corrected chi connectivity index (χ1v) is 13.0. The van der Waals surface area contributed by atoms with Gasteiger partial charge in [-0.3, -0.25) is 4.79 Å². The molecule has 0 saturated carbocycles. The number of carbonyl (C=O) groups excluding carboxylic acids is 2. The number of rotatable bonds is 12. The summed E-state index contributed by atoms with van der Waals surface area (Å²) in [6.45, 7) is 2.10. The van der Waals surface area contributed by atoms with Gasteiger partial charge in [0.05, 0.1) is 0 Å². The van der Waals surface area contributed by atoms with Gasteiger partial charge in [0.25, 0.3) is 0 Å². The normalized spacial score (nSPS) is 13.9. The van der Waals surface area contributed by atoms with Crippen molar-refractivity contribution in [2.45, 2.75) is 50.6 Å². The molecule has 34 heavy (non-hydrogen) atoms. The average molecular weight is 485 g/mol. The average Bonchev–Trinajstić information content (AvgIpc) is 3.16. The van der Waals surface area contributed by atoms with E-state index in [9.17, 15) is 19.5 Å². The Morgan fingerprint density at radius 2 is 1.59 bits per heavy atom. The highest BCUT2D eigenvalue weighted by Gasteiger charge is 2.30. The van der Waals surface area contributed by atoms with E-state index in [2.05, 4.69) is 22.8 Å². The Morgan fingerprint density at radius 1 is 0.971 bits per heavy atom. The van der Waals surface area contributed by atoms with Gasteiger partial charge in [0, 0.05) is 5.92 Å². The SMILES string of the molecule is CCCCC(NC(=O)[C@H](CCSC)NC(=O)OCC1c2ccccc2-c2ccccc21)C(=O)O. The molecule has 7 nitrogen and oxygen atoms in total. The minimum Gasteiger partial charge on any atom is -0.480 e. The zero-order valence-electron chi connectivity index (χ0n) is 19.6. The molecule has 3 rings (SSSR count). The van der Waals surface area contributed by atoms with Crippen molar-refractivity contribution in [1.82, 2.24) is 10.6 Å². The first-order valence-electron chi connectivity index (χ1n) is 11.6. The molecule has 2 amide bonds. The molecule has 1 aliphatic rings. The second kappa shape index (κ2) is 12.5. The summed E-state index contributed by atoms with van der Waals surface area (Å²) in [5.41, 5.74) is 4.48. The van der Waals surface area contributed by atoms with Crippen LogP contribution in [0.25, 0.3) is 11.1 Å². The zero-order valence-corrected chi connectivity index (χ0v) is 20.4. The molecule has 8 heteroatoms. The van der Waals surface area contributed by atoms with E-state index in [1.165, 1.54) is 0 Å². The van der Waals surface area contributed by atoms with E-state index in [-0.39, 0.29) is 12.5 Å². The van der Waals surface area contributed by atoms with Gasteiger partial charge in [0.1, 0.15) is 18.7 Å². The van der Waals surface area contributed by atoms with Crippen molar-refractivity contribution < 1.29 is 24.2 Å². The molecular formula is C26H32N2O5S. The second-order valence-electron chi connectivity index (χ2n) is 8.35. The molecule has 0 saturated heterocycles. The lowest BCUT2D eigenvalue weighted by Crippen LogP contribution is -2.52. The quantitative estimate of drug-likeness (QED) is 0.412. The Labute approximate surface area is 204 Å². The maximum Gasteiger partial charge on any atom is 0.407 e. The van der Waals surface area contributed by atoms with Crippen LogP contribution >= 0.6 is 11.8 Å². The number of hydrogen-bond acceptors (Lipinski definition) is 5. The van der Waals surface area contributed by atoms with E-state index in [4.69, 9.17) is 4.74 Å². The van der Waals surface area contributed by atoms with E-state index in [1.807, 2.05) is 49.6 Å². The highest BCUT2D eigenvalue weighted by molar-refractivity contribution is 7.98. The van der Waals surface area contributed by atoms with Crippen LogP contribution in [0.2, 0.25) is 0 Å². The predicted octanol–water partition coefficient (Wildman–Crippen LogP) is 4.41. The molecule has 182 valence electrons. The lowest BCUT2D eigenvalue weighted by atomic mass is 9.98. The van der Waals surface area contributed by atoms with Gasteiger partial charge in [-0.2, -0.15) is 11.8 Å². The molecule has 1 unspecified atom stereocenters. The summed E-state index contributed by atoms with van der Waals surface area (Å²) in [7, 11) is 0. The van der Waals surface area contributed by atoms with Crippen LogP contribution < -0.4 is 10.6 Å². The van der Waals surface area contributed by atoms with Crippen molar-refractivity contribution in [1.29, 1.82) is 0 Å². The molecular weight excluding hydrogens is 452 g/mol. The smallest absolute Gasteiger partial charge is 0.407 e. The number of aliphatic carboxylic acids is 1. The zero-order chi connectivity index (χ0) is 24.5. The monoisotopic (exact) mass is 484 g/mol. The number of ether oxygens (including phenoxy) is 1. The number of amides is 2. The highest BCUT2D eigenvalue weighted by Crippen LogP contribution is 2.44. The molecule has 2 aromatic rings. The number of carboxylic acids is 1. The molecule has 0 radical (unpaired) electrons. The Morgan fingerprint density at radius 3 is 2.15 bits per heavy atom. The fourth-order valence-corrected chi connectivity index (χ4v) is 4.70. The Balaban J connectivity index is 1.64. The molecule has 0 heterocycles. The molecule has 2 aromatic carbocycles. The first kappa shape index (κ1) is 25.6. The third-order valence-electron chi connectivity index (χ3n) is 6.02. The van der Waals surface area contributed by atoms with Gasteiger partial charge in [-0.1, -0.05) is 68.3 Å². The molecule has 0 spiro atoms. The van der Waals surface area contributed by atoms with Gasteiger partial charge in [-0.15, -0.1) is 0 Å². The number of nitrogens with one attached hydrogen (secondary N) is 2. The van der Waals surface area contributed by atoms with Gasteiger partial charge in [0.15, 0.2) is 0 Å². The Bertz CT molecular complexity index is 967. The summed E-state index contributed by atoms with van der Waals surface area (Å²) in [6.07, 6.45) is 3.45. The van der Waals surface area contributed by atoms with Crippen LogP contribution in [0.15, 0.2) is 48.5 Å². The van der Waals surface area contributed by atoms with Gasteiger partial charge in [-0.25, -0.2) is 9.59 Å². The fourth-order valence-electron chi connectivity index (χ4n) is 4.22. The second-order valence-corrected chi connectivity index (χ2v) is 9.33. The first-order chi connectivity index (χ1) is 16.5. The van der Waals surface area contributed by atoms with Crippen molar-refractivity contribution in [3.8, 4) is 11.1 Å². The van der Waals surface area contributed by atoms with Crippen LogP contribution in [-0.4, -0.2) is 53.8 Å². The van der Waals surface area contributed by atoms with E-state index in [1.54, 1.807) is 11.8 Å². The molecule has 0 bridgehead atoms. The van der Waals surface area contributed by atoms with Gasteiger partial charge >= 0.3 is 12.1 Å². The highest BCUT2D eigenvalue weighted by atomic mass is 32.2. The maximum absolute atomic E-state index is 12.8. The number of carbonyl (C=O) groups is 3. The summed E-state index contributed by atoms with van der Waals surface area (Å²) < 4.78 is 5.56. The standard InChI is InChI=1S/C26H32N2O5S/c1-3-4-13-23(25(30)31)27-24(29)22(14-15-34-2)28-26(32)33-16-21-19-11-7-5-9-17(19)18-10-6-8-12-20(18)21/h5-12,21-23H,3-4,13-16H2,1-2H3,(H,27,29)(H,28,32)(H,30,31)/t22-,23?/m0/s1. The fraction of sp³-hybridized carbons (Fsp3) is 0.423.